The Kier molecular flexibility index (Phi) is 6.92. The first-order valence-corrected chi connectivity index (χ1v) is 5.60. The summed E-state index contributed by atoms with van der Waals surface area (Å²) in [6.45, 7) is 5.75. The fourth-order valence-corrected chi connectivity index (χ4v) is 1.24. The normalized spacial score (nSPS) is 13.1. The van der Waals surface area contributed by atoms with Crippen molar-refractivity contribution in [2.45, 2.75) is 46.2 Å². The molecule has 0 rings (SSSR count). The van der Waals surface area contributed by atoms with E-state index in [1.165, 1.54) is 5.57 Å². The lowest BCUT2D eigenvalue weighted by Crippen LogP contribution is -2.26. The minimum atomic E-state index is -4.88. The third-order valence-electron chi connectivity index (χ3n) is 2.29. The molecule has 5 heteroatoms. The Morgan fingerprint density at radius 2 is 1.88 bits per heavy atom. The quantitative estimate of drug-likeness (QED) is 0.530. The first kappa shape index (κ1) is 16.0. The molecule has 0 aromatic rings. The van der Waals surface area contributed by atoms with Crippen LogP contribution in [0.3, 0.4) is 0 Å². The molecule has 0 aliphatic carbocycles. The average molecular weight is 252 g/mol. The van der Waals surface area contributed by atoms with Gasteiger partial charge in [0.2, 0.25) is 0 Å². The summed E-state index contributed by atoms with van der Waals surface area (Å²) in [6.07, 6.45) is -0.562. The van der Waals surface area contributed by atoms with E-state index in [2.05, 4.69) is 10.8 Å². The molecular formula is C12H19F3O2. The van der Waals surface area contributed by atoms with Crippen molar-refractivity contribution in [3.05, 3.63) is 11.6 Å². The number of hydrogen-bond donors (Lipinski definition) is 0. The predicted octanol–water partition coefficient (Wildman–Crippen LogP) is 3.86. The molecule has 0 spiro atoms. The van der Waals surface area contributed by atoms with E-state index in [4.69, 9.17) is 0 Å². The van der Waals surface area contributed by atoms with E-state index < -0.39 is 12.1 Å². The number of allylic oxidation sites excluding steroid dienone is 2. The average Bonchev–Trinajstić information content (AvgIpc) is 2.15. The molecule has 0 aromatic heterocycles. The van der Waals surface area contributed by atoms with Gasteiger partial charge in [-0.15, -0.1) is 0 Å². The molecule has 100 valence electrons. The van der Waals surface area contributed by atoms with Gasteiger partial charge in [-0.25, -0.2) is 4.79 Å². The van der Waals surface area contributed by atoms with Gasteiger partial charge in [0, 0.05) is 0 Å². The van der Waals surface area contributed by atoms with Gasteiger partial charge in [0.25, 0.3) is 0 Å². The standard InChI is InChI=1S/C12H19F3O2/c1-9(2)5-4-6-10(3)7-8-17-11(16)12(13,14)15/h5,10H,4,6-8H2,1-3H3. The molecule has 0 amide bonds. The predicted molar refractivity (Wildman–Crippen MR) is 59.5 cm³/mol. The molecule has 0 aromatic carbocycles. The monoisotopic (exact) mass is 252 g/mol. The van der Waals surface area contributed by atoms with Gasteiger partial charge < -0.3 is 4.74 Å². The van der Waals surface area contributed by atoms with Crippen molar-refractivity contribution in [2.24, 2.45) is 5.92 Å². The Hall–Kier alpha value is -1.00. The van der Waals surface area contributed by atoms with Crippen LogP contribution in [0, 0.1) is 5.92 Å². The number of hydrogen-bond acceptors (Lipinski definition) is 2. The lowest BCUT2D eigenvalue weighted by molar-refractivity contribution is -0.199. The fraction of sp³-hybridized carbons (Fsp3) is 0.750. The summed E-state index contributed by atoms with van der Waals surface area (Å²) in [5.41, 5.74) is 1.22. The first-order valence-electron chi connectivity index (χ1n) is 5.60. The van der Waals surface area contributed by atoms with E-state index in [1.807, 2.05) is 20.8 Å². The minimum Gasteiger partial charge on any atom is -0.459 e. The molecule has 17 heavy (non-hydrogen) atoms. The highest BCUT2D eigenvalue weighted by molar-refractivity contribution is 5.75. The van der Waals surface area contributed by atoms with Crippen LogP contribution in [-0.2, 0) is 9.53 Å². The second-order valence-corrected chi connectivity index (χ2v) is 4.39. The van der Waals surface area contributed by atoms with Crippen molar-refractivity contribution in [3.8, 4) is 0 Å². The zero-order valence-corrected chi connectivity index (χ0v) is 10.4. The van der Waals surface area contributed by atoms with E-state index in [-0.39, 0.29) is 12.5 Å². The van der Waals surface area contributed by atoms with Crippen LogP contribution in [0.15, 0.2) is 11.6 Å². The van der Waals surface area contributed by atoms with Gasteiger partial charge in [-0.1, -0.05) is 18.6 Å². The van der Waals surface area contributed by atoms with E-state index in [9.17, 15) is 18.0 Å². The molecule has 1 unspecified atom stereocenters. The molecule has 1 atom stereocenters. The number of ether oxygens (including phenoxy) is 1. The van der Waals surface area contributed by atoms with Crippen molar-refractivity contribution in [1.29, 1.82) is 0 Å². The maximum atomic E-state index is 11.8. The summed E-state index contributed by atoms with van der Waals surface area (Å²) in [5, 5.41) is 0. The Bertz CT molecular complexity index is 265. The lowest BCUT2D eigenvalue weighted by atomic mass is 10.0. The number of rotatable bonds is 6. The highest BCUT2D eigenvalue weighted by atomic mass is 19.4. The van der Waals surface area contributed by atoms with Crippen LogP contribution in [0.1, 0.15) is 40.0 Å². The van der Waals surface area contributed by atoms with E-state index >= 15 is 0 Å². The van der Waals surface area contributed by atoms with Gasteiger partial charge >= 0.3 is 12.1 Å². The van der Waals surface area contributed by atoms with Crippen LogP contribution in [0.25, 0.3) is 0 Å². The van der Waals surface area contributed by atoms with Gasteiger partial charge in [-0.2, -0.15) is 13.2 Å². The smallest absolute Gasteiger partial charge is 0.459 e. The molecular weight excluding hydrogens is 233 g/mol. The summed E-state index contributed by atoms with van der Waals surface area (Å²) in [4.78, 5) is 10.4. The second-order valence-electron chi connectivity index (χ2n) is 4.39. The van der Waals surface area contributed by atoms with Crippen molar-refractivity contribution in [1.82, 2.24) is 0 Å². The zero-order valence-electron chi connectivity index (χ0n) is 10.4. The molecule has 0 N–H and O–H groups in total. The number of alkyl halides is 3. The van der Waals surface area contributed by atoms with Crippen LogP contribution in [-0.4, -0.2) is 18.8 Å². The number of halogens is 3. The number of carbonyl (C=O) groups excluding carboxylic acids is 1. The molecule has 0 saturated carbocycles. The Balaban J connectivity index is 3.68. The van der Waals surface area contributed by atoms with E-state index in [0.29, 0.717) is 6.42 Å². The van der Waals surface area contributed by atoms with Crippen molar-refractivity contribution >= 4 is 5.97 Å². The topological polar surface area (TPSA) is 26.3 Å². The maximum Gasteiger partial charge on any atom is 0.490 e. The van der Waals surface area contributed by atoms with Crippen molar-refractivity contribution in [2.75, 3.05) is 6.61 Å². The third-order valence-corrected chi connectivity index (χ3v) is 2.29. The zero-order chi connectivity index (χ0) is 13.5. The third kappa shape index (κ3) is 8.77. The Labute approximate surface area is 99.8 Å². The SMILES string of the molecule is CC(C)=CCCC(C)CCOC(=O)C(F)(F)F. The van der Waals surface area contributed by atoms with E-state index in [0.717, 1.165) is 12.8 Å². The van der Waals surface area contributed by atoms with Gasteiger partial charge in [-0.3, -0.25) is 0 Å². The molecule has 2 nitrogen and oxygen atoms in total. The second kappa shape index (κ2) is 7.35. The van der Waals surface area contributed by atoms with Gasteiger partial charge in [0.1, 0.15) is 0 Å². The number of esters is 1. The van der Waals surface area contributed by atoms with Crippen LogP contribution in [0.4, 0.5) is 13.2 Å². The maximum absolute atomic E-state index is 11.8. The van der Waals surface area contributed by atoms with Crippen LogP contribution in [0.2, 0.25) is 0 Å². The van der Waals surface area contributed by atoms with E-state index in [1.54, 1.807) is 0 Å². The minimum absolute atomic E-state index is 0.172. The first-order chi connectivity index (χ1) is 7.73. The highest BCUT2D eigenvalue weighted by Crippen LogP contribution is 2.17. The molecule has 0 aliphatic rings. The van der Waals surface area contributed by atoms with Crippen molar-refractivity contribution in [3.63, 3.8) is 0 Å². The van der Waals surface area contributed by atoms with Gasteiger partial charge in [0.15, 0.2) is 0 Å². The molecule has 0 aliphatic heterocycles. The summed E-state index contributed by atoms with van der Waals surface area (Å²) in [6, 6.07) is 0. The molecule has 0 saturated heterocycles. The molecule has 0 fully saturated rings. The van der Waals surface area contributed by atoms with Crippen LogP contribution >= 0.6 is 0 Å². The fourth-order valence-electron chi connectivity index (χ4n) is 1.24. The van der Waals surface area contributed by atoms with Gasteiger partial charge in [-0.05, 0) is 39.0 Å². The lowest BCUT2D eigenvalue weighted by Gasteiger charge is -2.11. The van der Waals surface area contributed by atoms with Crippen LogP contribution < -0.4 is 0 Å². The molecule has 0 heterocycles. The molecule has 0 bridgehead atoms. The summed E-state index contributed by atoms with van der Waals surface area (Å²) in [5.74, 6) is -1.86. The Morgan fingerprint density at radius 1 is 1.29 bits per heavy atom. The van der Waals surface area contributed by atoms with Crippen LogP contribution in [0.5, 0.6) is 0 Å². The summed E-state index contributed by atoms with van der Waals surface area (Å²) >= 11 is 0. The molecule has 0 radical (unpaired) electrons. The summed E-state index contributed by atoms with van der Waals surface area (Å²) < 4.78 is 39.5. The Morgan fingerprint density at radius 3 is 2.35 bits per heavy atom. The summed E-state index contributed by atoms with van der Waals surface area (Å²) in [7, 11) is 0. The number of carbonyl (C=O) groups is 1. The highest BCUT2D eigenvalue weighted by Gasteiger charge is 2.40. The van der Waals surface area contributed by atoms with Crippen molar-refractivity contribution < 1.29 is 22.7 Å². The largest absolute Gasteiger partial charge is 0.490 e. The van der Waals surface area contributed by atoms with Gasteiger partial charge in [0.05, 0.1) is 6.61 Å².